The van der Waals surface area contributed by atoms with Gasteiger partial charge in [0.05, 0.1) is 5.69 Å². The Kier molecular flexibility index (Phi) is 3.22. The molecule has 2 N–H and O–H groups in total. The number of nitrogens with two attached hydrogens (primary N) is 1. The van der Waals surface area contributed by atoms with E-state index >= 15 is 0 Å². The van der Waals surface area contributed by atoms with Crippen LogP contribution in [0, 0.1) is 0 Å². The van der Waals surface area contributed by atoms with Gasteiger partial charge in [-0.1, -0.05) is 18.2 Å². The Bertz CT molecular complexity index is 366. The molecule has 1 fully saturated rings. The molecule has 0 spiro atoms. The van der Waals surface area contributed by atoms with E-state index in [0.717, 1.165) is 12.2 Å². The standard InChI is InChI=1S/C12H17N3O/c1-10(9-13)14-8-7-12(16)15(14)11-5-3-2-4-6-11/h2-6,10H,7-9,13H2,1H3. The third-order valence-electron chi connectivity index (χ3n) is 2.90. The number of nitrogens with zero attached hydrogens (tertiary/aromatic N) is 2. The Morgan fingerprint density at radius 2 is 2.06 bits per heavy atom. The second-order valence-corrected chi connectivity index (χ2v) is 4.04. The maximum Gasteiger partial charge on any atom is 0.242 e. The normalized spacial score (nSPS) is 19.1. The van der Waals surface area contributed by atoms with Crippen molar-refractivity contribution in [1.82, 2.24) is 5.01 Å². The number of anilines is 1. The third-order valence-corrected chi connectivity index (χ3v) is 2.90. The fraction of sp³-hybridized carbons (Fsp3) is 0.417. The van der Waals surface area contributed by atoms with E-state index in [4.69, 9.17) is 5.73 Å². The molecule has 4 heteroatoms. The second-order valence-electron chi connectivity index (χ2n) is 4.04. The lowest BCUT2D eigenvalue weighted by molar-refractivity contribution is -0.118. The molecule has 1 unspecified atom stereocenters. The first-order chi connectivity index (χ1) is 7.74. The van der Waals surface area contributed by atoms with Gasteiger partial charge in [-0.15, -0.1) is 0 Å². The van der Waals surface area contributed by atoms with Crippen LogP contribution in [-0.2, 0) is 4.79 Å². The molecule has 0 radical (unpaired) electrons. The van der Waals surface area contributed by atoms with Crippen molar-refractivity contribution in [3.05, 3.63) is 30.3 Å². The smallest absolute Gasteiger partial charge is 0.242 e. The molecule has 1 aromatic rings. The fourth-order valence-electron chi connectivity index (χ4n) is 1.96. The number of carbonyl (C=O) groups excluding carboxylic acids is 1. The first-order valence-corrected chi connectivity index (χ1v) is 5.58. The number of para-hydroxylation sites is 1. The molecule has 1 aromatic carbocycles. The van der Waals surface area contributed by atoms with Crippen molar-refractivity contribution in [3.8, 4) is 0 Å². The highest BCUT2D eigenvalue weighted by atomic mass is 16.2. The lowest BCUT2D eigenvalue weighted by Crippen LogP contribution is -2.47. The predicted molar refractivity (Wildman–Crippen MR) is 63.8 cm³/mol. The Hall–Kier alpha value is -1.39. The minimum absolute atomic E-state index is 0.145. The fourth-order valence-corrected chi connectivity index (χ4v) is 1.96. The van der Waals surface area contributed by atoms with Crippen molar-refractivity contribution in [2.75, 3.05) is 18.1 Å². The summed E-state index contributed by atoms with van der Waals surface area (Å²) >= 11 is 0. The Morgan fingerprint density at radius 1 is 1.38 bits per heavy atom. The van der Waals surface area contributed by atoms with E-state index in [0.29, 0.717) is 13.0 Å². The first-order valence-electron chi connectivity index (χ1n) is 5.58. The molecule has 0 saturated carbocycles. The largest absolute Gasteiger partial charge is 0.329 e. The van der Waals surface area contributed by atoms with Gasteiger partial charge in [0.1, 0.15) is 0 Å². The van der Waals surface area contributed by atoms with E-state index in [1.165, 1.54) is 0 Å². The van der Waals surface area contributed by atoms with Crippen molar-refractivity contribution in [3.63, 3.8) is 0 Å². The van der Waals surface area contributed by atoms with Gasteiger partial charge in [-0.25, -0.2) is 10.0 Å². The number of hydrogen-bond acceptors (Lipinski definition) is 3. The Morgan fingerprint density at radius 3 is 2.69 bits per heavy atom. The molecule has 86 valence electrons. The zero-order valence-electron chi connectivity index (χ0n) is 9.47. The molecule has 2 rings (SSSR count). The molecule has 0 aliphatic carbocycles. The summed E-state index contributed by atoms with van der Waals surface area (Å²) in [6, 6.07) is 9.89. The van der Waals surface area contributed by atoms with Crippen LogP contribution in [0.4, 0.5) is 5.69 Å². The maximum absolute atomic E-state index is 11.8. The average molecular weight is 219 g/mol. The average Bonchev–Trinajstić information content (AvgIpc) is 2.71. The van der Waals surface area contributed by atoms with Gasteiger partial charge in [0.15, 0.2) is 0 Å². The van der Waals surface area contributed by atoms with Crippen LogP contribution in [-0.4, -0.2) is 30.0 Å². The highest BCUT2D eigenvalue weighted by molar-refractivity contribution is 5.94. The zero-order valence-corrected chi connectivity index (χ0v) is 9.47. The lowest BCUT2D eigenvalue weighted by Gasteiger charge is -2.32. The number of hydrogen-bond donors (Lipinski definition) is 1. The SMILES string of the molecule is CC(CN)N1CCC(=O)N1c1ccccc1. The molecular weight excluding hydrogens is 202 g/mol. The number of amides is 1. The van der Waals surface area contributed by atoms with E-state index < -0.39 is 0 Å². The quantitative estimate of drug-likeness (QED) is 0.824. The van der Waals surface area contributed by atoms with Crippen molar-refractivity contribution in [2.24, 2.45) is 5.73 Å². The van der Waals surface area contributed by atoms with E-state index in [9.17, 15) is 4.79 Å². The summed E-state index contributed by atoms with van der Waals surface area (Å²) in [4.78, 5) is 11.8. The number of hydrazine groups is 1. The summed E-state index contributed by atoms with van der Waals surface area (Å²) in [5.74, 6) is 0.145. The van der Waals surface area contributed by atoms with E-state index in [1.807, 2.05) is 42.3 Å². The predicted octanol–water partition coefficient (Wildman–Crippen LogP) is 0.987. The molecule has 1 atom stereocenters. The van der Waals surface area contributed by atoms with Crippen molar-refractivity contribution >= 4 is 11.6 Å². The van der Waals surface area contributed by atoms with Crippen LogP contribution in [0.25, 0.3) is 0 Å². The van der Waals surface area contributed by atoms with Gasteiger partial charge in [0.25, 0.3) is 0 Å². The van der Waals surface area contributed by atoms with Crippen molar-refractivity contribution < 1.29 is 4.79 Å². The van der Waals surface area contributed by atoms with Gasteiger partial charge in [-0.3, -0.25) is 4.79 Å². The monoisotopic (exact) mass is 219 g/mol. The summed E-state index contributed by atoms with van der Waals surface area (Å²) in [7, 11) is 0. The molecule has 1 saturated heterocycles. The second kappa shape index (κ2) is 4.63. The molecule has 0 bridgehead atoms. The maximum atomic E-state index is 11.8. The third kappa shape index (κ3) is 1.94. The van der Waals surface area contributed by atoms with Gasteiger partial charge in [0.2, 0.25) is 5.91 Å². The summed E-state index contributed by atoms with van der Waals surface area (Å²) in [6.07, 6.45) is 0.569. The van der Waals surface area contributed by atoms with Gasteiger partial charge < -0.3 is 5.73 Å². The molecule has 16 heavy (non-hydrogen) atoms. The topological polar surface area (TPSA) is 49.6 Å². The van der Waals surface area contributed by atoms with Gasteiger partial charge in [-0.05, 0) is 19.1 Å². The molecule has 1 heterocycles. The van der Waals surface area contributed by atoms with Gasteiger partial charge in [0, 0.05) is 25.6 Å². The van der Waals surface area contributed by atoms with Crippen LogP contribution in [0.3, 0.4) is 0 Å². The molecule has 1 amide bonds. The summed E-state index contributed by atoms with van der Waals surface area (Å²) in [6.45, 7) is 3.34. The number of rotatable bonds is 3. The van der Waals surface area contributed by atoms with Crippen LogP contribution in [0.2, 0.25) is 0 Å². The number of carbonyl (C=O) groups is 1. The van der Waals surface area contributed by atoms with Crippen molar-refractivity contribution in [1.29, 1.82) is 0 Å². The lowest BCUT2D eigenvalue weighted by atomic mass is 10.3. The van der Waals surface area contributed by atoms with Crippen LogP contribution in [0.1, 0.15) is 13.3 Å². The zero-order chi connectivity index (χ0) is 11.5. The number of benzene rings is 1. The molecule has 1 aliphatic rings. The Labute approximate surface area is 95.6 Å². The summed E-state index contributed by atoms with van der Waals surface area (Å²) < 4.78 is 0. The highest BCUT2D eigenvalue weighted by Gasteiger charge is 2.32. The van der Waals surface area contributed by atoms with Crippen molar-refractivity contribution in [2.45, 2.75) is 19.4 Å². The van der Waals surface area contributed by atoms with Crippen LogP contribution in [0.15, 0.2) is 30.3 Å². The molecule has 0 aromatic heterocycles. The molecular formula is C12H17N3O. The first kappa shape index (κ1) is 11.1. The molecule has 1 aliphatic heterocycles. The minimum Gasteiger partial charge on any atom is -0.329 e. The summed E-state index contributed by atoms with van der Waals surface area (Å²) in [5.41, 5.74) is 6.58. The summed E-state index contributed by atoms with van der Waals surface area (Å²) in [5, 5.41) is 3.79. The van der Waals surface area contributed by atoms with Crippen LogP contribution in [0.5, 0.6) is 0 Å². The highest BCUT2D eigenvalue weighted by Crippen LogP contribution is 2.23. The Balaban J connectivity index is 2.26. The van der Waals surface area contributed by atoms with E-state index in [1.54, 1.807) is 5.01 Å². The molecule has 4 nitrogen and oxygen atoms in total. The van der Waals surface area contributed by atoms with Gasteiger partial charge >= 0.3 is 0 Å². The van der Waals surface area contributed by atoms with Gasteiger partial charge in [-0.2, -0.15) is 0 Å². The van der Waals surface area contributed by atoms with E-state index in [-0.39, 0.29) is 11.9 Å². The minimum atomic E-state index is 0.145. The van der Waals surface area contributed by atoms with E-state index in [2.05, 4.69) is 0 Å². The van der Waals surface area contributed by atoms with Crippen LogP contribution < -0.4 is 10.7 Å². The van der Waals surface area contributed by atoms with Crippen LogP contribution >= 0.6 is 0 Å².